The fraction of sp³-hybridized carbons (Fsp3) is 0.643. The van der Waals surface area contributed by atoms with Crippen molar-refractivity contribution in [2.75, 3.05) is 0 Å². The molecule has 0 aromatic carbocycles. The van der Waals surface area contributed by atoms with Crippen LogP contribution in [0.25, 0.3) is 0 Å². The maximum Gasteiger partial charge on any atom is 0.315 e. The summed E-state index contributed by atoms with van der Waals surface area (Å²) in [5.74, 6) is -1.31. The third-order valence-corrected chi connectivity index (χ3v) is 5.09. The van der Waals surface area contributed by atoms with Gasteiger partial charge in [0.15, 0.2) is 0 Å². The Morgan fingerprint density at radius 3 is 2.67 bits per heavy atom. The van der Waals surface area contributed by atoms with Gasteiger partial charge < -0.3 is 15.7 Å². The van der Waals surface area contributed by atoms with E-state index in [2.05, 4.69) is 15.6 Å². The lowest BCUT2D eigenvalue weighted by Gasteiger charge is -2.20. The maximum atomic E-state index is 12.0. The van der Waals surface area contributed by atoms with Crippen LogP contribution in [0.5, 0.6) is 0 Å². The molecule has 0 radical (unpaired) electrons. The summed E-state index contributed by atoms with van der Waals surface area (Å²) in [5, 5.41) is 15.7. The standard InChI is InChI=1S/C14H21N3O3S/c1-7-12(21-9(3)15-7)8(2)16-14(20)17-11-6-4-5-10(11)13(18)19/h8,10-11H,4-6H2,1-3H3,(H,18,19)(H2,16,17,20). The van der Waals surface area contributed by atoms with E-state index in [4.69, 9.17) is 5.11 Å². The molecule has 0 saturated heterocycles. The van der Waals surface area contributed by atoms with Crippen molar-refractivity contribution in [1.82, 2.24) is 15.6 Å². The first-order valence-electron chi connectivity index (χ1n) is 7.12. The number of carboxylic acids is 1. The highest BCUT2D eigenvalue weighted by molar-refractivity contribution is 7.11. The lowest BCUT2D eigenvalue weighted by Crippen LogP contribution is -2.45. The van der Waals surface area contributed by atoms with Crippen LogP contribution in [-0.4, -0.2) is 28.1 Å². The van der Waals surface area contributed by atoms with Gasteiger partial charge in [-0.25, -0.2) is 9.78 Å². The van der Waals surface area contributed by atoms with Gasteiger partial charge in [-0.05, 0) is 33.6 Å². The van der Waals surface area contributed by atoms with Crippen molar-refractivity contribution in [3.05, 3.63) is 15.6 Å². The van der Waals surface area contributed by atoms with Crippen LogP contribution in [0.4, 0.5) is 4.79 Å². The molecule has 116 valence electrons. The van der Waals surface area contributed by atoms with Crippen molar-refractivity contribution in [1.29, 1.82) is 0 Å². The monoisotopic (exact) mass is 311 g/mol. The Labute approximate surface area is 128 Å². The summed E-state index contributed by atoms with van der Waals surface area (Å²) in [6, 6.07) is -0.731. The molecular formula is C14H21N3O3S. The van der Waals surface area contributed by atoms with E-state index in [-0.39, 0.29) is 18.1 Å². The number of aryl methyl sites for hydroxylation is 2. The van der Waals surface area contributed by atoms with Gasteiger partial charge in [0.2, 0.25) is 0 Å². The second kappa shape index (κ2) is 6.43. The lowest BCUT2D eigenvalue weighted by molar-refractivity contribution is -0.142. The molecule has 0 aliphatic heterocycles. The normalized spacial score (nSPS) is 22.8. The largest absolute Gasteiger partial charge is 0.481 e. The summed E-state index contributed by atoms with van der Waals surface area (Å²) < 4.78 is 0. The summed E-state index contributed by atoms with van der Waals surface area (Å²) in [5.41, 5.74) is 0.926. The lowest BCUT2D eigenvalue weighted by atomic mass is 10.0. The number of carboxylic acid groups (broad SMARTS) is 1. The van der Waals surface area contributed by atoms with Crippen molar-refractivity contribution in [2.24, 2.45) is 5.92 Å². The summed E-state index contributed by atoms with van der Waals surface area (Å²) in [6.45, 7) is 5.76. The number of carbonyl (C=O) groups excluding carboxylic acids is 1. The molecule has 3 unspecified atom stereocenters. The molecule has 1 aliphatic carbocycles. The molecule has 2 rings (SSSR count). The van der Waals surface area contributed by atoms with Crippen molar-refractivity contribution in [3.8, 4) is 0 Å². The van der Waals surface area contributed by atoms with Crippen LogP contribution in [0, 0.1) is 19.8 Å². The average molecular weight is 311 g/mol. The van der Waals surface area contributed by atoms with Crippen molar-refractivity contribution in [2.45, 2.75) is 52.1 Å². The van der Waals surface area contributed by atoms with Gasteiger partial charge in [0.05, 0.1) is 22.7 Å². The molecule has 7 heteroatoms. The van der Waals surface area contributed by atoms with Crippen molar-refractivity contribution >= 4 is 23.3 Å². The number of urea groups is 1. The molecule has 6 nitrogen and oxygen atoms in total. The SMILES string of the molecule is Cc1nc(C)c(C(C)NC(=O)NC2CCCC2C(=O)O)s1. The third-order valence-electron chi connectivity index (χ3n) is 3.83. The molecule has 1 aromatic rings. The van der Waals surface area contributed by atoms with E-state index in [1.54, 1.807) is 11.3 Å². The Kier molecular flexibility index (Phi) is 4.82. The number of aromatic nitrogens is 1. The van der Waals surface area contributed by atoms with E-state index in [0.29, 0.717) is 6.42 Å². The molecule has 1 aliphatic rings. The highest BCUT2D eigenvalue weighted by atomic mass is 32.1. The van der Waals surface area contributed by atoms with E-state index >= 15 is 0 Å². The van der Waals surface area contributed by atoms with Crippen LogP contribution in [0.2, 0.25) is 0 Å². The van der Waals surface area contributed by atoms with Gasteiger partial charge in [0.1, 0.15) is 0 Å². The molecule has 1 saturated carbocycles. The van der Waals surface area contributed by atoms with E-state index < -0.39 is 11.9 Å². The summed E-state index contributed by atoms with van der Waals surface area (Å²) in [6.07, 6.45) is 2.19. The molecule has 0 bridgehead atoms. The number of nitrogens with one attached hydrogen (secondary N) is 2. The van der Waals surface area contributed by atoms with Gasteiger partial charge in [0, 0.05) is 10.9 Å². The van der Waals surface area contributed by atoms with E-state index in [0.717, 1.165) is 28.4 Å². The fourth-order valence-electron chi connectivity index (χ4n) is 2.85. The quantitative estimate of drug-likeness (QED) is 0.796. The van der Waals surface area contributed by atoms with Crippen LogP contribution >= 0.6 is 11.3 Å². The van der Waals surface area contributed by atoms with Crippen LogP contribution in [0.1, 0.15) is 47.8 Å². The minimum absolute atomic E-state index is 0.138. The minimum atomic E-state index is -0.834. The highest BCUT2D eigenvalue weighted by Gasteiger charge is 2.34. The Morgan fingerprint density at radius 1 is 1.38 bits per heavy atom. The summed E-state index contributed by atoms with van der Waals surface area (Å²) in [4.78, 5) is 28.5. The Morgan fingerprint density at radius 2 is 2.10 bits per heavy atom. The number of amides is 2. The van der Waals surface area contributed by atoms with Crippen LogP contribution in [0.3, 0.4) is 0 Å². The Bertz CT molecular complexity index is 544. The molecule has 1 fully saturated rings. The zero-order valence-electron chi connectivity index (χ0n) is 12.5. The zero-order chi connectivity index (χ0) is 15.6. The van der Waals surface area contributed by atoms with Crippen LogP contribution in [-0.2, 0) is 4.79 Å². The topological polar surface area (TPSA) is 91.3 Å². The fourth-order valence-corrected chi connectivity index (χ4v) is 3.78. The molecule has 3 atom stereocenters. The van der Waals surface area contributed by atoms with Gasteiger partial charge in [-0.2, -0.15) is 0 Å². The molecule has 3 N–H and O–H groups in total. The molecule has 0 spiro atoms. The van der Waals surface area contributed by atoms with Gasteiger partial charge in [0.25, 0.3) is 0 Å². The number of carbonyl (C=O) groups is 2. The molecular weight excluding hydrogens is 290 g/mol. The molecule has 21 heavy (non-hydrogen) atoms. The predicted molar refractivity (Wildman–Crippen MR) is 80.4 cm³/mol. The predicted octanol–water partition coefficient (Wildman–Crippen LogP) is 2.37. The maximum absolute atomic E-state index is 12.0. The van der Waals surface area contributed by atoms with E-state index in [9.17, 15) is 9.59 Å². The summed E-state index contributed by atoms with van der Waals surface area (Å²) in [7, 11) is 0. The number of nitrogens with zero attached hydrogens (tertiary/aromatic N) is 1. The second-order valence-corrected chi connectivity index (χ2v) is 6.74. The van der Waals surface area contributed by atoms with Crippen molar-refractivity contribution in [3.63, 3.8) is 0 Å². The highest BCUT2D eigenvalue weighted by Crippen LogP contribution is 2.26. The van der Waals surface area contributed by atoms with Crippen LogP contribution < -0.4 is 10.6 Å². The second-order valence-electron chi connectivity index (χ2n) is 5.50. The number of hydrogen-bond acceptors (Lipinski definition) is 4. The van der Waals surface area contributed by atoms with E-state index in [1.165, 1.54) is 0 Å². The van der Waals surface area contributed by atoms with Gasteiger partial charge in [-0.3, -0.25) is 4.79 Å². The minimum Gasteiger partial charge on any atom is -0.481 e. The van der Waals surface area contributed by atoms with Crippen molar-refractivity contribution < 1.29 is 14.7 Å². The first kappa shape index (κ1) is 15.8. The number of aliphatic carboxylic acids is 1. The van der Waals surface area contributed by atoms with Crippen LogP contribution in [0.15, 0.2) is 0 Å². The summed E-state index contributed by atoms with van der Waals surface area (Å²) >= 11 is 1.56. The number of thiazole rings is 1. The Hall–Kier alpha value is -1.63. The van der Waals surface area contributed by atoms with E-state index in [1.807, 2.05) is 20.8 Å². The Balaban J connectivity index is 1.92. The first-order valence-corrected chi connectivity index (χ1v) is 7.94. The number of rotatable bonds is 4. The van der Waals surface area contributed by atoms with Gasteiger partial charge in [-0.1, -0.05) is 6.42 Å². The zero-order valence-corrected chi connectivity index (χ0v) is 13.3. The van der Waals surface area contributed by atoms with Gasteiger partial charge >= 0.3 is 12.0 Å². The molecule has 2 amide bonds. The first-order chi connectivity index (χ1) is 9.88. The number of hydrogen-bond donors (Lipinski definition) is 3. The third kappa shape index (κ3) is 3.72. The molecule has 1 heterocycles. The average Bonchev–Trinajstić information content (AvgIpc) is 2.95. The smallest absolute Gasteiger partial charge is 0.315 e. The van der Waals surface area contributed by atoms with Gasteiger partial charge in [-0.15, -0.1) is 11.3 Å². The molecule has 1 aromatic heterocycles.